The third kappa shape index (κ3) is 5.19. The van der Waals surface area contributed by atoms with Gasteiger partial charge in [0.05, 0.1) is 11.5 Å². The maximum Gasteiger partial charge on any atom is 0.163 e. The van der Waals surface area contributed by atoms with E-state index in [-0.39, 0.29) is 17.5 Å². The van der Waals surface area contributed by atoms with Gasteiger partial charge in [0, 0.05) is 31.3 Å². The Morgan fingerprint density at radius 1 is 1.22 bits per heavy atom. The summed E-state index contributed by atoms with van der Waals surface area (Å²) in [6, 6.07) is 11.7. The first-order valence-electron chi connectivity index (χ1n) is 9.46. The van der Waals surface area contributed by atoms with Gasteiger partial charge in [0.25, 0.3) is 0 Å². The van der Waals surface area contributed by atoms with Gasteiger partial charge in [0.1, 0.15) is 11.6 Å². The van der Waals surface area contributed by atoms with Crippen molar-refractivity contribution >= 4 is 21.5 Å². The number of sulfone groups is 1. The molecule has 0 spiro atoms. The van der Waals surface area contributed by atoms with Gasteiger partial charge >= 0.3 is 0 Å². The topological polar surface area (TPSA) is 75.2 Å². The highest BCUT2D eigenvalue weighted by atomic mass is 32.2. The summed E-state index contributed by atoms with van der Waals surface area (Å²) in [6.07, 6.45) is 1.69. The summed E-state index contributed by atoms with van der Waals surface area (Å²) >= 11 is 0. The molecule has 1 aliphatic rings. The van der Waals surface area contributed by atoms with Crippen LogP contribution in [0.4, 0.5) is 11.6 Å². The lowest BCUT2D eigenvalue weighted by molar-refractivity contribution is 0.600. The number of nitrogens with zero attached hydrogens (tertiary/aromatic N) is 3. The minimum Gasteiger partial charge on any atom is -0.370 e. The zero-order valence-corrected chi connectivity index (χ0v) is 17.0. The van der Waals surface area contributed by atoms with Crippen molar-refractivity contribution in [2.45, 2.75) is 32.7 Å². The van der Waals surface area contributed by atoms with Crippen LogP contribution in [0.25, 0.3) is 11.4 Å². The summed E-state index contributed by atoms with van der Waals surface area (Å²) in [6.45, 7) is 5.22. The molecule has 0 saturated carbocycles. The highest BCUT2D eigenvalue weighted by molar-refractivity contribution is 7.91. The summed E-state index contributed by atoms with van der Waals surface area (Å²) in [7, 11) is -1.03. The van der Waals surface area contributed by atoms with Gasteiger partial charge in [-0.1, -0.05) is 44.2 Å². The molecule has 0 bridgehead atoms. The number of rotatable bonds is 7. The summed E-state index contributed by atoms with van der Waals surface area (Å²) in [5.41, 5.74) is 0.943. The molecule has 1 saturated heterocycles. The molecule has 1 N–H and O–H groups in total. The van der Waals surface area contributed by atoms with E-state index < -0.39 is 9.84 Å². The monoisotopic (exact) mass is 388 g/mol. The summed E-state index contributed by atoms with van der Waals surface area (Å²) in [4.78, 5) is 11.4. The van der Waals surface area contributed by atoms with Crippen molar-refractivity contribution in [3.63, 3.8) is 0 Å². The van der Waals surface area contributed by atoms with Crippen LogP contribution in [0.3, 0.4) is 0 Å². The molecule has 6 nitrogen and oxygen atoms in total. The van der Waals surface area contributed by atoms with Crippen LogP contribution >= 0.6 is 0 Å². The molecule has 1 unspecified atom stereocenters. The van der Waals surface area contributed by atoms with Gasteiger partial charge in [-0.25, -0.2) is 18.4 Å². The average Bonchev–Trinajstić information content (AvgIpc) is 3.01. The first-order chi connectivity index (χ1) is 12.8. The van der Waals surface area contributed by atoms with Crippen LogP contribution in [-0.2, 0) is 9.84 Å². The average molecular weight is 389 g/mol. The molecule has 0 aliphatic carbocycles. The Kier molecular flexibility index (Phi) is 5.99. The van der Waals surface area contributed by atoms with Gasteiger partial charge < -0.3 is 10.2 Å². The Bertz CT molecular complexity index is 869. The zero-order valence-electron chi connectivity index (χ0n) is 16.2. The Balaban J connectivity index is 1.89. The fraction of sp³-hybridized carbons (Fsp3) is 0.500. The van der Waals surface area contributed by atoms with Crippen molar-refractivity contribution < 1.29 is 8.42 Å². The van der Waals surface area contributed by atoms with E-state index in [1.54, 1.807) is 0 Å². The minimum atomic E-state index is -2.95. The van der Waals surface area contributed by atoms with E-state index in [0.29, 0.717) is 18.2 Å². The molecule has 1 fully saturated rings. The van der Waals surface area contributed by atoms with Gasteiger partial charge in [0.15, 0.2) is 15.7 Å². The SMILES string of the molecule is CC(C)CCNc1cc(N(C)C2CCS(=O)(=O)C2)nc(-c2ccccc2)n1. The third-order valence-electron chi connectivity index (χ3n) is 4.89. The minimum absolute atomic E-state index is 0.0444. The van der Waals surface area contributed by atoms with Crippen LogP contribution in [0.15, 0.2) is 36.4 Å². The van der Waals surface area contributed by atoms with Crippen molar-refractivity contribution in [1.29, 1.82) is 0 Å². The fourth-order valence-corrected chi connectivity index (χ4v) is 4.95. The van der Waals surface area contributed by atoms with Crippen LogP contribution in [0.2, 0.25) is 0 Å². The molecule has 0 radical (unpaired) electrons. The number of hydrogen-bond donors (Lipinski definition) is 1. The van der Waals surface area contributed by atoms with Crippen LogP contribution in [0.5, 0.6) is 0 Å². The van der Waals surface area contributed by atoms with E-state index in [0.717, 1.165) is 30.2 Å². The van der Waals surface area contributed by atoms with Crippen molar-refractivity contribution in [3.05, 3.63) is 36.4 Å². The van der Waals surface area contributed by atoms with E-state index in [4.69, 9.17) is 4.98 Å². The Hall–Kier alpha value is -2.15. The van der Waals surface area contributed by atoms with Gasteiger partial charge in [0.2, 0.25) is 0 Å². The molecule has 146 valence electrons. The molecular weight excluding hydrogens is 360 g/mol. The number of nitrogens with one attached hydrogen (secondary N) is 1. The Labute approximate surface area is 162 Å². The molecule has 1 aromatic heterocycles. The molecule has 3 rings (SSSR count). The number of hydrogen-bond acceptors (Lipinski definition) is 6. The number of benzene rings is 1. The standard InChI is InChI=1S/C20H28N4O2S/c1-15(2)9-11-21-18-13-19(24(3)17-10-12-27(25,26)14-17)23-20(22-18)16-7-5-4-6-8-16/h4-8,13,15,17H,9-12,14H2,1-3H3,(H,21,22,23). The van der Waals surface area contributed by atoms with Crippen LogP contribution in [0, 0.1) is 5.92 Å². The lowest BCUT2D eigenvalue weighted by Crippen LogP contribution is -2.33. The summed E-state index contributed by atoms with van der Waals surface area (Å²) in [5, 5.41) is 3.39. The van der Waals surface area contributed by atoms with Crippen molar-refractivity contribution in [3.8, 4) is 11.4 Å². The zero-order chi connectivity index (χ0) is 19.4. The van der Waals surface area contributed by atoms with E-state index in [1.165, 1.54) is 0 Å². The van der Waals surface area contributed by atoms with Crippen molar-refractivity contribution in [2.24, 2.45) is 5.92 Å². The summed E-state index contributed by atoms with van der Waals surface area (Å²) in [5.74, 6) is 3.21. The van der Waals surface area contributed by atoms with E-state index >= 15 is 0 Å². The molecule has 27 heavy (non-hydrogen) atoms. The molecule has 1 aromatic carbocycles. The Morgan fingerprint density at radius 3 is 2.59 bits per heavy atom. The molecule has 2 heterocycles. The van der Waals surface area contributed by atoms with Crippen molar-refractivity contribution in [1.82, 2.24) is 9.97 Å². The molecule has 7 heteroatoms. The van der Waals surface area contributed by atoms with Gasteiger partial charge in [-0.15, -0.1) is 0 Å². The molecule has 1 atom stereocenters. The van der Waals surface area contributed by atoms with E-state index in [9.17, 15) is 8.42 Å². The lowest BCUT2D eigenvalue weighted by atomic mass is 10.1. The molecule has 0 amide bonds. The van der Waals surface area contributed by atoms with Gasteiger partial charge in [-0.05, 0) is 18.8 Å². The smallest absolute Gasteiger partial charge is 0.163 e. The maximum absolute atomic E-state index is 11.9. The van der Waals surface area contributed by atoms with E-state index in [2.05, 4.69) is 24.1 Å². The molecular formula is C20H28N4O2S. The quantitative estimate of drug-likeness (QED) is 0.785. The summed E-state index contributed by atoms with van der Waals surface area (Å²) < 4.78 is 23.7. The first-order valence-corrected chi connectivity index (χ1v) is 11.3. The molecule has 2 aromatic rings. The second kappa shape index (κ2) is 8.25. The second-order valence-electron chi connectivity index (χ2n) is 7.58. The van der Waals surface area contributed by atoms with E-state index in [1.807, 2.05) is 48.3 Å². The molecule has 1 aliphatic heterocycles. The second-order valence-corrected chi connectivity index (χ2v) is 9.81. The lowest BCUT2D eigenvalue weighted by Gasteiger charge is -2.25. The van der Waals surface area contributed by atoms with Crippen LogP contribution in [0.1, 0.15) is 26.7 Å². The highest BCUT2D eigenvalue weighted by Crippen LogP contribution is 2.26. The predicted octanol–water partition coefficient (Wildman–Crippen LogP) is 3.22. The normalized spacial score (nSPS) is 18.6. The largest absolute Gasteiger partial charge is 0.370 e. The Morgan fingerprint density at radius 2 is 1.96 bits per heavy atom. The fourth-order valence-electron chi connectivity index (χ4n) is 3.18. The predicted molar refractivity (Wildman–Crippen MR) is 111 cm³/mol. The van der Waals surface area contributed by atoms with Crippen LogP contribution in [-0.4, -0.2) is 49.5 Å². The van der Waals surface area contributed by atoms with Gasteiger partial charge in [-0.3, -0.25) is 0 Å². The van der Waals surface area contributed by atoms with Crippen molar-refractivity contribution in [2.75, 3.05) is 35.3 Å². The van der Waals surface area contributed by atoms with Crippen LogP contribution < -0.4 is 10.2 Å². The van der Waals surface area contributed by atoms with Gasteiger partial charge in [-0.2, -0.15) is 0 Å². The first kappa shape index (κ1) is 19.6. The number of anilines is 2. The highest BCUT2D eigenvalue weighted by Gasteiger charge is 2.31. The number of aromatic nitrogens is 2. The third-order valence-corrected chi connectivity index (χ3v) is 6.64. The maximum atomic E-state index is 11.9.